The van der Waals surface area contributed by atoms with E-state index in [1.807, 2.05) is 12.2 Å². The number of carbonyl (C=O) groups excluding carboxylic acids is 1. The standard InChI is InChI=1S/C20H32O5.20CH4/c1-2-3-6-9-15(21)12-13-17-16(18(22)14-19(17)23)10-7-4-5-8-11-20(24)25;;;;;;;;;;;;;;;;;;;;/h4,7,12-13,15-17,19,21,23H,2-3,5-6,8-11,14H2,1H3,(H,24,25);20*1H4/b7-4-,13-12+;;;;;;;;;;;;;;;;;;;;/t15-,16+,17+,19+;;;;;;;;;;;;;;;;;;;;/m0..................../s1. The zero-order valence-corrected chi connectivity index (χ0v) is 15.1. The van der Waals surface area contributed by atoms with Gasteiger partial charge in [-0.05, 0) is 25.7 Å². The molecule has 5 nitrogen and oxygen atoms in total. The summed E-state index contributed by atoms with van der Waals surface area (Å²) in [6, 6.07) is 0. The van der Waals surface area contributed by atoms with Crippen LogP contribution in [0, 0.1) is 11.8 Å². The molecule has 0 bridgehead atoms. The molecule has 0 saturated heterocycles. The summed E-state index contributed by atoms with van der Waals surface area (Å²) in [7, 11) is 0. The van der Waals surface area contributed by atoms with Crippen LogP contribution in [-0.4, -0.2) is 39.3 Å². The fraction of sp³-hybridized carbons (Fsp3) is 0.850. The van der Waals surface area contributed by atoms with Gasteiger partial charge < -0.3 is 15.3 Å². The highest BCUT2D eigenvalue weighted by molar-refractivity contribution is 5.84. The van der Waals surface area contributed by atoms with Gasteiger partial charge in [0.2, 0.25) is 0 Å². The number of Topliss-reactive ketones (excluding diaryl/α,β-unsaturated/α-hetero) is 1. The molecule has 0 radical (unpaired) electrons. The number of unbranched alkanes of at least 4 members (excludes halogenated alkanes) is 3. The summed E-state index contributed by atoms with van der Waals surface area (Å²) in [4.78, 5) is 22.5. The molecule has 0 aliphatic heterocycles. The minimum absolute atomic E-state index is 0. The van der Waals surface area contributed by atoms with Crippen LogP contribution >= 0.6 is 0 Å². The lowest BCUT2D eigenvalue weighted by Gasteiger charge is -2.16. The lowest BCUT2D eigenvalue weighted by molar-refractivity contribution is -0.137. The number of rotatable bonds is 12. The fourth-order valence-corrected chi connectivity index (χ4v) is 3.22. The minimum atomic E-state index is -0.801. The molecular weight excluding hydrogens is 560 g/mol. The predicted molar refractivity (Wildman–Crippen MR) is 232 cm³/mol. The normalized spacial score (nSPS) is 14.0. The molecule has 0 aromatic heterocycles. The van der Waals surface area contributed by atoms with E-state index < -0.39 is 18.2 Å². The van der Waals surface area contributed by atoms with Crippen molar-refractivity contribution in [2.45, 2.75) is 225 Å². The minimum Gasteiger partial charge on any atom is -0.481 e. The Morgan fingerprint density at radius 2 is 1.16 bits per heavy atom. The number of allylic oxidation sites excluding steroid dienone is 2. The molecule has 302 valence electrons. The van der Waals surface area contributed by atoms with Crippen LogP contribution in [-0.2, 0) is 9.59 Å². The van der Waals surface area contributed by atoms with Crippen molar-refractivity contribution in [2.24, 2.45) is 11.8 Å². The summed E-state index contributed by atoms with van der Waals surface area (Å²) >= 11 is 0. The highest BCUT2D eigenvalue weighted by Crippen LogP contribution is 2.33. The van der Waals surface area contributed by atoms with Crippen LogP contribution in [0.15, 0.2) is 24.3 Å². The number of carboxylic acid groups (broad SMARTS) is 1. The van der Waals surface area contributed by atoms with Crippen LogP contribution < -0.4 is 0 Å². The Balaban J connectivity index is -0.0000000174. The smallest absolute Gasteiger partial charge is 0.303 e. The first-order valence-corrected chi connectivity index (χ1v) is 9.39. The van der Waals surface area contributed by atoms with Gasteiger partial charge in [-0.15, -0.1) is 0 Å². The Labute approximate surface area is 297 Å². The predicted octanol–water partition coefficient (Wildman–Crippen LogP) is 16.0. The first-order chi connectivity index (χ1) is 12.0. The number of carboxylic acids is 1. The van der Waals surface area contributed by atoms with E-state index in [4.69, 9.17) is 5.11 Å². The fourth-order valence-electron chi connectivity index (χ4n) is 3.22. The van der Waals surface area contributed by atoms with Gasteiger partial charge in [0.05, 0.1) is 12.2 Å². The number of aliphatic hydroxyl groups excluding tert-OH is 2. The summed E-state index contributed by atoms with van der Waals surface area (Å²) in [5, 5.41) is 28.7. The molecule has 3 N–H and O–H groups in total. The van der Waals surface area contributed by atoms with Gasteiger partial charge in [0.1, 0.15) is 5.78 Å². The van der Waals surface area contributed by atoms with Crippen LogP contribution in [0.3, 0.4) is 0 Å². The number of aliphatic hydroxyl groups is 2. The van der Waals surface area contributed by atoms with E-state index in [1.165, 1.54) is 0 Å². The molecule has 45 heavy (non-hydrogen) atoms. The molecule has 1 aliphatic carbocycles. The number of hydrogen-bond donors (Lipinski definition) is 3. The Morgan fingerprint density at radius 3 is 1.53 bits per heavy atom. The van der Waals surface area contributed by atoms with Gasteiger partial charge in [0.15, 0.2) is 0 Å². The van der Waals surface area contributed by atoms with Crippen molar-refractivity contribution >= 4 is 11.8 Å². The zero-order valence-electron chi connectivity index (χ0n) is 15.1. The summed E-state index contributed by atoms with van der Waals surface area (Å²) < 4.78 is 0. The number of hydrogen-bond acceptors (Lipinski definition) is 4. The van der Waals surface area contributed by atoms with Crippen molar-refractivity contribution in [2.75, 3.05) is 0 Å². The molecule has 0 heterocycles. The number of ketones is 1. The van der Waals surface area contributed by atoms with Crippen molar-refractivity contribution in [3.05, 3.63) is 24.3 Å². The van der Waals surface area contributed by atoms with Gasteiger partial charge in [0.25, 0.3) is 0 Å². The Hall–Kier alpha value is -1.46. The maximum absolute atomic E-state index is 12.1. The average molecular weight is 673 g/mol. The SMILES string of the molecule is C.C.C.C.C.C.C.C.C.C.C.C.C.C.C.C.C.C.C.C.CCCCC[C@H](O)/C=C/[C@H]1[C@H](O)CC(=O)[C@@H]1C/C=C\CCCC(=O)O. The molecule has 0 aromatic rings. The van der Waals surface area contributed by atoms with Gasteiger partial charge >= 0.3 is 5.97 Å². The van der Waals surface area contributed by atoms with Crippen molar-refractivity contribution in [3.8, 4) is 0 Å². The van der Waals surface area contributed by atoms with Crippen molar-refractivity contribution in [3.63, 3.8) is 0 Å². The van der Waals surface area contributed by atoms with Crippen molar-refractivity contribution in [1.82, 2.24) is 0 Å². The largest absolute Gasteiger partial charge is 0.481 e. The number of aliphatic carboxylic acids is 1. The third-order valence-electron chi connectivity index (χ3n) is 4.71. The van der Waals surface area contributed by atoms with Crippen molar-refractivity contribution in [1.29, 1.82) is 0 Å². The summed E-state index contributed by atoms with van der Waals surface area (Å²) in [5.74, 6) is -1.26. The van der Waals surface area contributed by atoms with Crippen LogP contribution in [0.1, 0.15) is 213 Å². The van der Waals surface area contributed by atoms with Gasteiger partial charge in [-0.3, -0.25) is 9.59 Å². The average Bonchev–Trinajstić information content (AvgIpc) is 2.82. The van der Waals surface area contributed by atoms with Crippen LogP contribution in [0.4, 0.5) is 0 Å². The molecule has 1 rings (SSSR count). The van der Waals surface area contributed by atoms with E-state index in [9.17, 15) is 19.8 Å². The van der Waals surface area contributed by atoms with E-state index in [0.29, 0.717) is 25.7 Å². The van der Waals surface area contributed by atoms with E-state index in [2.05, 4.69) is 6.92 Å². The van der Waals surface area contributed by atoms with Crippen LogP contribution in [0.5, 0.6) is 0 Å². The Bertz CT molecular complexity index is 473. The molecular formula is C40H112O5. The second-order valence-electron chi connectivity index (χ2n) is 6.86. The van der Waals surface area contributed by atoms with E-state index >= 15 is 0 Å². The van der Waals surface area contributed by atoms with E-state index in [0.717, 1.165) is 19.3 Å². The third kappa shape index (κ3) is 62.1. The van der Waals surface area contributed by atoms with Crippen LogP contribution in [0.25, 0.3) is 0 Å². The van der Waals surface area contributed by atoms with Crippen LogP contribution in [0.2, 0.25) is 0 Å². The molecule has 4 atom stereocenters. The molecule has 1 saturated carbocycles. The zero-order chi connectivity index (χ0) is 18.7. The molecule has 0 spiro atoms. The number of carbonyl (C=O) groups is 2. The molecule has 5 heteroatoms. The summed E-state index contributed by atoms with van der Waals surface area (Å²) in [6.45, 7) is 2.11. The summed E-state index contributed by atoms with van der Waals surface area (Å²) in [6.07, 6.45) is 12.1. The summed E-state index contributed by atoms with van der Waals surface area (Å²) in [5.41, 5.74) is 0. The molecule has 0 unspecified atom stereocenters. The maximum Gasteiger partial charge on any atom is 0.303 e. The molecule has 0 aromatic carbocycles. The lowest BCUT2D eigenvalue weighted by atomic mass is 9.90. The van der Waals surface area contributed by atoms with Gasteiger partial charge in [-0.2, -0.15) is 0 Å². The van der Waals surface area contributed by atoms with E-state index in [-0.39, 0.29) is 179 Å². The van der Waals surface area contributed by atoms with Gasteiger partial charge in [-0.25, -0.2) is 0 Å². The Kier molecular flexibility index (Phi) is 266. The van der Waals surface area contributed by atoms with Gasteiger partial charge in [-0.1, -0.05) is 199 Å². The Morgan fingerprint density at radius 1 is 0.733 bits per heavy atom. The highest BCUT2D eigenvalue weighted by Gasteiger charge is 2.39. The lowest BCUT2D eigenvalue weighted by Crippen LogP contribution is -2.18. The quantitative estimate of drug-likeness (QED) is 0.142. The monoisotopic (exact) mass is 673 g/mol. The molecule has 1 fully saturated rings. The first kappa shape index (κ1) is 142. The maximum atomic E-state index is 12.1. The topological polar surface area (TPSA) is 94.8 Å². The molecule has 1 aliphatic rings. The first-order valence-electron chi connectivity index (χ1n) is 9.39. The van der Waals surface area contributed by atoms with Gasteiger partial charge in [0, 0.05) is 24.7 Å². The molecule has 0 amide bonds. The highest BCUT2D eigenvalue weighted by atomic mass is 16.4. The third-order valence-corrected chi connectivity index (χ3v) is 4.71. The second kappa shape index (κ2) is 84.1. The second-order valence-corrected chi connectivity index (χ2v) is 6.86. The van der Waals surface area contributed by atoms with Crippen molar-refractivity contribution < 1.29 is 24.9 Å². The van der Waals surface area contributed by atoms with E-state index in [1.54, 1.807) is 12.2 Å².